The molecule has 1 N–H and O–H groups in total. The first-order chi connectivity index (χ1) is 9.22. The molecule has 1 aromatic heterocycles. The van der Waals surface area contributed by atoms with Gasteiger partial charge in [-0.3, -0.25) is 0 Å². The maximum atomic E-state index is 9.23. The van der Waals surface area contributed by atoms with Gasteiger partial charge in [0.25, 0.3) is 0 Å². The Labute approximate surface area is 117 Å². The van der Waals surface area contributed by atoms with E-state index in [-0.39, 0.29) is 6.61 Å². The molecule has 0 radical (unpaired) electrons. The van der Waals surface area contributed by atoms with Gasteiger partial charge in [0, 0.05) is 6.42 Å². The smallest absolute Gasteiger partial charge is 0.119 e. The summed E-state index contributed by atoms with van der Waals surface area (Å²) in [5.41, 5.74) is 2.24. The minimum absolute atomic E-state index is 0.0830. The van der Waals surface area contributed by atoms with E-state index in [0.29, 0.717) is 6.61 Å². The van der Waals surface area contributed by atoms with Crippen molar-refractivity contribution in [3.8, 4) is 5.75 Å². The summed E-state index contributed by atoms with van der Waals surface area (Å²) in [5.74, 6) is 0.889. The highest BCUT2D eigenvalue weighted by Gasteiger charge is 2.08. The molecule has 1 aromatic carbocycles. The third kappa shape index (κ3) is 3.78. The minimum Gasteiger partial charge on any atom is -0.493 e. The van der Waals surface area contributed by atoms with E-state index in [1.165, 1.54) is 5.56 Å². The molecule has 3 nitrogen and oxygen atoms in total. The highest BCUT2D eigenvalue weighted by molar-refractivity contribution is 7.11. The normalized spacial score (nSPS) is 10.7. The highest BCUT2D eigenvalue weighted by atomic mass is 32.1. The molecule has 2 aromatic rings. The second-order valence-corrected chi connectivity index (χ2v) is 5.57. The fraction of sp³-hybridized carbons (Fsp3) is 0.400. The number of aromatic nitrogens is 1. The number of nitrogens with zero attached hydrogens (tertiary/aromatic N) is 1. The van der Waals surface area contributed by atoms with E-state index in [9.17, 15) is 5.11 Å². The van der Waals surface area contributed by atoms with E-state index in [2.05, 4.69) is 18.8 Å². The molecule has 0 bridgehead atoms. The molecule has 0 saturated heterocycles. The van der Waals surface area contributed by atoms with Gasteiger partial charge in [-0.15, -0.1) is 11.3 Å². The van der Waals surface area contributed by atoms with E-state index in [1.54, 1.807) is 11.3 Å². The first-order valence-electron chi connectivity index (χ1n) is 6.50. The van der Waals surface area contributed by atoms with Gasteiger partial charge in [0.05, 0.1) is 28.8 Å². The van der Waals surface area contributed by atoms with Gasteiger partial charge in [0.1, 0.15) is 5.75 Å². The summed E-state index contributed by atoms with van der Waals surface area (Å²) in [4.78, 5) is 5.50. The molecule has 102 valence electrons. The highest BCUT2D eigenvalue weighted by Crippen LogP contribution is 2.20. The lowest BCUT2D eigenvalue weighted by Crippen LogP contribution is -2.01. The fourth-order valence-corrected chi connectivity index (χ4v) is 2.83. The molecule has 0 amide bonds. The Hall–Kier alpha value is -1.39. The molecular formula is C15H19NO2S. The molecule has 0 aliphatic carbocycles. The molecule has 19 heavy (non-hydrogen) atoms. The van der Waals surface area contributed by atoms with Crippen molar-refractivity contribution >= 4 is 11.3 Å². The molecule has 0 aliphatic rings. The van der Waals surface area contributed by atoms with Crippen molar-refractivity contribution in [2.24, 2.45) is 0 Å². The maximum Gasteiger partial charge on any atom is 0.119 e. The predicted octanol–water partition coefficient (Wildman–Crippen LogP) is 3.13. The quantitative estimate of drug-likeness (QED) is 0.882. The second kappa shape index (κ2) is 6.68. The van der Waals surface area contributed by atoms with Gasteiger partial charge in [0.15, 0.2) is 0 Å². The number of aliphatic hydroxyl groups excluding tert-OH is 1. The zero-order chi connectivity index (χ0) is 13.7. The van der Waals surface area contributed by atoms with Crippen LogP contribution in [-0.4, -0.2) is 16.7 Å². The van der Waals surface area contributed by atoms with Crippen LogP contribution in [0.3, 0.4) is 0 Å². The number of hydrogen-bond acceptors (Lipinski definition) is 4. The Kier molecular flexibility index (Phi) is 4.93. The third-order valence-electron chi connectivity index (χ3n) is 2.91. The Morgan fingerprint density at radius 3 is 2.58 bits per heavy atom. The number of thiazole rings is 1. The van der Waals surface area contributed by atoms with Gasteiger partial charge in [-0.25, -0.2) is 4.98 Å². The molecule has 4 heteroatoms. The van der Waals surface area contributed by atoms with Crippen LogP contribution in [0.15, 0.2) is 24.3 Å². The first kappa shape index (κ1) is 14.0. The fourth-order valence-electron chi connectivity index (χ4n) is 1.83. The predicted molar refractivity (Wildman–Crippen MR) is 77.8 cm³/mol. The van der Waals surface area contributed by atoms with Crippen molar-refractivity contribution in [1.29, 1.82) is 0 Å². The van der Waals surface area contributed by atoms with Crippen LogP contribution in [0.2, 0.25) is 0 Å². The lowest BCUT2D eigenvalue weighted by atomic mass is 10.2. The molecule has 0 spiro atoms. The van der Waals surface area contributed by atoms with Crippen LogP contribution in [0.1, 0.15) is 28.1 Å². The average Bonchev–Trinajstić information content (AvgIpc) is 2.83. The summed E-state index contributed by atoms with van der Waals surface area (Å²) in [5, 5.41) is 10.3. The summed E-state index contributed by atoms with van der Waals surface area (Å²) < 4.78 is 5.69. The van der Waals surface area contributed by atoms with Gasteiger partial charge in [-0.2, -0.15) is 0 Å². The summed E-state index contributed by atoms with van der Waals surface area (Å²) >= 11 is 1.58. The van der Waals surface area contributed by atoms with E-state index in [1.807, 2.05) is 24.3 Å². The Morgan fingerprint density at radius 1 is 1.26 bits per heavy atom. The van der Waals surface area contributed by atoms with Crippen molar-refractivity contribution in [2.75, 3.05) is 6.61 Å². The van der Waals surface area contributed by atoms with Crippen molar-refractivity contribution in [3.63, 3.8) is 0 Å². The lowest BCUT2D eigenvalue weighted by Gasteiger charge is -2.04. The van der Waals surface area contributed by atoms with Crippen LogP contribution in [0, 0.1) is 6.92 Å². The number of rotatable bonds is 6. The molecule has 0 aliphatic heterocycles. The van der Waals surface area contributed by atoms with Gasteiger partial charge >= 0.3 is 0 Å². The number of benzene rings is 1. The van der Waals surface area contributed by atoms with E-state index in [4.69, 9.17) is 4.74 Å². The Morgan fingerprint density at radius 2 is 2.00 bits per heavy atom. The van der Waals surface area contributed by atoms with Crippen molar-refractivity contribution < 1.29 is 9.84 Å². The topological polar surface area (TPSA) is 42.4 Å². The summed E-state index contributed by atoms with van der Waals surface area (Å²) in [6, 6.07) is 8.04. The zero-order valence-electron chi connectivity index (χ0n) is 11.3. The van der Waals surface area contributed by atoms with Crippen molar-refractivity contribution in [1.82, 2.24) is 4.98 Å². The summed E-state index contributed by atoms with van der Waals surface area (Å²) in [6.07, 6.45) is 1.65. The molecular weight excluding hydrogens is 258 g/mol. The average molecular weight is 277 g/mol. The Balaban J connectivity index is 1.88. The number of aliphatic hydroxyl groups is 1. The molecule has 0 atom stereocenters. The van der Waals surface area contributed by atoms with Crippen LogP contribution < -0.4 is 4.74 Å². The molecule has 0 unspecified atom stereocenters. The van der Waals surface area contributed by atoms with Crippen LogP contribution in [0.25, 0.3) is 0 Å². The standard InChI is InChI=1S/C15H19NO2S/c1-3-13-14(10-17)19-15(16-13)8-9-18-12-6-4-11(2)5-7-12/h4-7,17H,3,8-10H2,1-2H3. The van der Waals surface area contributed by atoms with Crippen LogP contribution in [0.4, 0.5) is 0 Å². The number of hydrogen-bond donors (Lipinski definition) is 1. The van der Waals surface area contributed by atoms with E-state index >= 15 is 0 Å². The maximum absolute atomic E-state index is 9.23. The summed E-state index contributed by atoms with van der Waals surface area (Å²) in [6.45, 7) is 4.81. The number of aryl methyl sites for hydroxylation is 2. The number of ether oxygens (including phenoxy) is 1. The second-order valence-electron chi connectivity index (χ2n) is 4.40. The van der Waals surface area contributed by atoms with E-state index in [0.717, 1.165) is 34.2 Å². The molecule has 2 rings (SSSR count). The van der Waals surface area contributed by atoms with Crippen LogP contribution in [-0.2, 0) is 19.4 Å². The monoisotopic (exact) mass is 277 g/mol. The molecule has 0 fully saturated rings. The largest absolute Gasteiger partial charge is 0.493 e. The zero-order valence-corrected chi connectivity index (χ0v) is 12.2. The lowest BCUT2D eigenvalue weighted by molar-refractivity contribution is 0.284. The third-order valence-corrected chi connectivity index (χ3v) is 4.05. The first-order valence-corrected chi connectivity index (χ1v) is 7.32. The Bertz CT molecular complexity index is 498. The van der Waals surface area contributed by atoms with Gasteiger partial charge in [0.2, 0.25) is 0 Å². The van der Waals surface area contributed by atoms with Crippen LogP contribution >= 0.6 is 11.3 Å². The minimum atomic E-state index is 0.0830. The van der Waals surface area contributed by atoms with Gasteiger partial charge in [-0.1, -0.05) is 24.6 Å². The van der Waals surface area contributed by atoms with Crippen molar-refractivity contribution in [3.05, 3.63) is 45.4 Å². The van der Waals surface area contributed by atoms with Gasteiger partial charge < -0.3 is 9.84 Å². The SMILES string of the molecule is CCc1nc(CCOc2ccc(C)cc2)sc1CO. The molecule has 0 saturated carbocycles. The van der Waals surface area contributed by atoms with Gasteiger partial charge in [-0.05, 0) is 25.5 Å². The van der Waals surface area contributed by atoms with E-state index < -0.39 is 0 Å². The summed E-state index contributed by atoms with van der Waals surface area (Å²) in [7, 11) is 0. The molecule has 1 heterocycles. The van der Waals surface area contributed by atoms with Crippen molar-refractivity contribution in [2.45, 2.75) is 33.3 Å². The van der Waals surface area contributed by atoms with Crippen LogP contribution in [0.5, 0.6) is 5.75 Å².